The fourth-order valence-corrected chi connectivity index (χ4v) is 4.09. The maximum Gasteiger partial charge on any atom is 0.225 e. The number of carbonyl (C=O) groups excluding carboxylic acids is 1. The third-order valence-corrected chi connectivity index (χ3v) is 5.71. The molecule has 4 aromatic rings. The zero-order chi connectivity index (χ0) is 21.9. The predicted molar refractivity (Wildman–Crippen MR) is 124 cm³/mol. The van der Waals surface area contributed by atoms with Gasteiger partial charge in [-0.15, -0.1) is 0 Å². The third kappa shape index (κ3) is 4.14. The van der Waals surface area contributed by atoms with Gasteiger partial charge in [-0.3, -0.25) is 4.79 Å². The quantitative estimate of drug-likeness (QED) is 0.453. The molecular formula is C27H22FN3O. The Morgan fingerprint density at radius 1 is 0.875 bits per heavy atom. The van der Waals surface area contributed by atoms with Gasteiger partial charge in [-0.25, -0.2) is 14.4 Å². The number of aryl methyl sites for hydroxylation is 3. The number of fused-ring (bicyclic) bond motifs is 3. The zero-order valence-corrected chi connectivity index (χ0v) is 17.5. The fraction of sp³-hybridized carbons (Fsp3) is 0.148. The highest BCUT2D eigenvalue weighted by atomic mass is 19.1. The van der Waals surface area contributed by atoms with Gasteiger partial charge < -0.3 is 5.32 Å². The number of nitrogens with zero attached hydrogens (tertiary/aromatic N) is 2. The first kappa shape index (κ1) is 20.1. The normalized spacial score (nSPS) is 12.0. The summed E-state index contributed by atoms with van der Waals surface area (Å²) in [7, 11) is 0. The molecule has 1 aromatic heterocycles. The maximum absolute atomic E-state index is 13.7. The molecule has 1 amide bonds. The molecule has 0 saturated heterocycles. The summed E-state index contributed by atoms with van der Waals surface area (Å²) in [6, 6.07) is 24.4. The summed E-state index contributed by atoms with van der Waals surface area (Å²) < 4.78 is 13.7. The summed E-state index contributed by atoms with van der Waals surface area (Å²) in [6.45, 7) is 0. The van der Waals surface area contributed by atoms with E-state index in [1.165, 1.54) is 6.07 Å². The van der Waals surface area contributed by atoms with E-state index in [-0.39, 0.29) is 11.7 Å². The molecule has 0 aliphatic heterocycles. The number of hydrogen-bond acceptors (Lipinski definition) is 3. The number of halogens is 1. The van der Waals surface area contributed by atoms with Gasteiger partial charge in [0.15, 0.2) is 5.82 Å². The van der Waals surface area contributed by atoms with Gasteiger partial charge in [0, 0.05) is 17.5 Å². The minimum Gasteiger partial charge on any atom is -0.309 e. The van der Waals surface area contributed by atoms with Crippen molar-refractivity contribution in [2.75, 3.05) is 5.32 Å². The summed E-state index contributed by atoms with van der Waals surface area (Å²) in [6.07, 6.45) is 2.37. The van der Waals surface area contributed by atoms with Crippen molar-refractivity contribution < 1.29 is 9.18 Å². The van der Waals surface area contributed by atoms with Crippen LogP contribution in [0.5, 0.6) is 0 Å². The molecular weight excluding hydrogens is 401 g/mol. The van der Waals surface area contributed by atoms with E-state index in [1.807, 2.05) is 60.7 Å². The Bertz CT molecular complexity index is 1270. The van der Waals surface area contributed by atoms with Crippen molar-refractivity contribution in [1.82, 2.24) is 9.97 Å². The second-order valence-corrected chi connectivity index (χ2v) is 7.92. The lowest BCUT2D eigenvalue weighted by Crippen LogP contribution is -2.17. The number of hydrogen-bond donors (Lipinski definition) is 1. The molecule has 1 aliphatic carbocycles. The number of aromatic nitrogens is 2. The molecule has 0 radical (unpaired) electrons. The van der Waals surface area contributed by atoms with E-state index in [9.17, 15) is 9.18 Å². The first-order valence-electron chi connectivity index (χ1n) is 10.8. The Kier molecular flexibility index (Phi) is 5.46. The molecule has 0 unspecified atom stereocenters. The van der Waals surface area contributed by atoms with Gasteiger partial charge in [0.2, 0.25) is 5.91 Å². The Balaban J connectivity index is 1.49. The molecule has 0 atom stereocenters. The van der Waals surface area contributed by atoms with E-state index in [0.29, 0.717) is 37.2 Å². The molecule has 158 valence electrons. The van der Waals surface area contributed by atoms with E-state index < -0.39 is 0 Å². The van der Waals surface area contributed by atoms with Gasteiger partial charge in [0.1, 0.15) is 11.5 Å². The SMILES string of the molecule is O=C(CCc1ccccc1)Nc1nc2c(nc1-c1ccccc1)-c1ccc(F)cc1CC2. The van der Waals surface area contributed by atoms with Crippen molar-refractivity contribution in [3.05, 3.63) is 102 Å². The van der Waals surface area contributed by atoms with Crippen LogP contribution < -0.4 is 5.32 Å². The van der Waals surface area contributed by atoms with Crippen LogP contribution in [0.4, 0.5) is 10.2 Å². The van der Waals surface area contributed by atoms with Gasteiger partial charge in [-0.2, -0.15) is 0 Å². The fourth-order valence-electron chi connectivity index (χ4n) is 4.09. The molecule has 0 saturated carbocycles. The Labute approximate surface area is 186 Å². The van der Waals surface area contributed by atoms with E-state index in [1.54, 1.807) is 12.1 Å². The van der Waals surface area contributed by atoms with Crippen LogP contribution in [0.3, 0.4) is 0 Å². The number of amides is 1. The summed E-state index contributed by atoms with van der Waals surface area (Å²) in [5.74, 6) is 0.128. The van der Waals surface area contributed by atoms with Crippen molar-refractivity contribution in [2.24, 2.45) is 0 Å². The van der Waals surface area contributed by atoms with Crippen molar-refractivity contribution in [1.29, 1.82) is 0 Å². The summed E-state index contributed by atoms with van der Waals surface area (Å²) in [5, 5.41) is 2.99. The largest absolute Gasteiger partial charge is 0.309 e. The molecule has 1 heterocycles. The molecule has 5 rings (SSSR count). The molecule has 32 heavy (non-hydrogen) atoms. The molecule has 0 bridgehead atoms. The van der Waals surface area contributed by atoms with Crippen molar-refractivity contribution in [3.8, 4) is 22.5 Å². The highest BCUT2D eigenvalue weighted by Crippen LogP contribution is 2.35. The average molecular weight is 423 g/mol. The van der Waals surface area contributed by atoms with Crippen LogP contribution in [0.25, 0.3) is 22.5 Å². The van der Waals surface area contributed by atoms with Crippen LogP contribution >= 0.6 is 0 Å². The van der Waals surface area contributed by atoms with Gasteiger partial charge in [0.25, 0.3) is 0 Å². The number of anilines is 1. The van der Waals surface area contributed by atoms with Crippen molar-refractivity contribution in [2.45, 2.75) is 25.7 Å². The van der Waals surface area contributed by atoms with Crippen LogP contribution in [-0.2, 0) is 24.1 Å². The Morgan fingerprint density at radius 3 is 2.41 bits per heavy atom. The van der Waals surface area contributed by atoms with Gasteiger partial charge in [-0.05, 0) is 48.6 Å². The smallest absolute Gasteiger partial charge is 0.225 e. The molecule has 3 aromatic carbocycles. The van der Waals surface area contributed by atoms with Crippen molar-refractivity contribution >= 4 is 11.7 Å². The number of nitrogens with one attached hydrogen (secondary N) is 1. The van der Waals surface area contributed by atoms with Crippen molar-refractivity contribution in [3.63, 3.8) is 0 Å². The van der Waals surface area contributed by atoms with Gasteiger partial charge in [-0.1, -0.05) is 60.7 Å². The summed E-state index contributed by atoms with van der Waals surface area (Å²) in [4.78, 5) is 22.5. The van der Waals surface area contributed by atoms with Crippen LogP contribution in [0.2, 0.25) is 0 Å². The monoisotopic (exact) mass is 423 g/mol. The molecule has 0 fully saturated rings. The van der Waals surface area contributed by atoms with E-state index >= 15 is 0 Å². The summed E-state index contributed by atoms with van der Waals surface area (Å²) in [5.41, 5.74) is 6.02. The first-order chi connectivity index (χ1) is 15.7. The molecule has 1 N–H and O–H groups in total. The van der Waals surface area contributed by atoms with Gasteiger partial charge in [0.05, 0.1) is 11.4 Å². The molecule has 0 spiro atoms. The Morgan fingerprint density at radius 2 is 1.62 bits per heavy atom. The summed E-state index contributed by atoms with van der Waals surface area (Å²) >= 11 is 0. The second kappa shape index (κ2) is 8.71. The number of benzene rings is 3. The predicted octanol–water partition coefficient (Wildman–Crippen LogP) is 5.62. The van der Waals surface area contributed by atoms with Crippen LogP contribution in [0.1, 0.15) is 23.2 Å². The van der Waals surface area contributed by atoms with Crippen LogP contribution in [0.15, 0.2) is 78.9 Å². The van der Waals surface area contributed by atoms with Gasteiger partial charge >= 0.3 is 0 Å². The molecule has 5 heteroatoms. The molecule has 4 nitrogen and oxygen atoms in total. The lowest BCUT2D eigenvalue weighted by atomic mass is 9.91. The second-order valence-electron chi connectivity index (χ2n) is 7.92. The first-order valence-corrected chi connectivity index (χ1v) is 10.8. The Hall–Kier alpha value is -3.86. The van der Waals surface area contributed by atoms with E-state index in [0.717, 1.165) is 33.6 Å². The van der Waals surface area contributed by atoms with Crippen LogP contribution in [-0.4, -0.2) is 15.9 Å². The minimum absolute atomic E-state index is 0.0986. The zero-order valence-electron chi connectivity index (χ0n) is 17.5. The number of rotatable bonds is 5. The lowest BCUT2D eigenvalue weighted by Gasteiger charge is -2.21. The third-order valence-electron chi connectivity index (χ3n) is 5.71. The average Bonchev–Trinajstić information content (AvgIpc) is 2.83. The highest BCUT2D eigenvalue weighted by molar-refractivity contribution is 5.94. The highest BCUT2D eigenvalue weighted by Gasteiger charge is 2.23. The van der Waals surface area contributed by atoms with E-state index in [4.69, 9.17) is 9.97 Å². The standard InChI is InChI=1S/C27H22FN3O/c28-21-13-14-22-20(17-21)12-15-23-26(22)31-25(19-9-5-2-6-10-19)27(29-23)30-24(32)16-11-18-7-3-1-4-8-18/h1-10,13-14,17H,11-12,15-16H2,(H,29,30,32). The minimum atomic E-state index is -0.245. The topological polar surface area (TPSA) is 54.9 Å². The molecule has 1 aliphatic rings. The maximum atomic E-state index is 13.7. The number of carbonyl (C=O) groups is 1. The lowest BCUT2D eigenvalue weighted by molar-refractivity contribution is -0.116. The van der Waals surface area contributed by atoms with E-state index in [2.05, 4.69) is 5.32 Å². The van der Waals surface area contributed by atoms with Crippen LogP contribution in [0, 0.1) is 5.82 Å².